The fourth-order valence-electron chi connectivity index (χ4n) is 3.16. The van der Waals surface area contributed by atoms with Crippen LogP contribution in [0.15, 0.2) is 48.5 Å². The Morgan fingerprint density at radius 2 is 1.86 bits per heavy atom. The van der Waals surface area contributed by atoms with Gasteiger partial charge in [-0.15, -0.1) is 0 Å². The highest BCUT2D eigenvalue weighted by Crippen LogP contribution is 2.35. The van der Waals surface area contributed by atoms with E-state index in [9.17, 15) is 9.90 Å². The maximum atomic E-state index is 11.9. The monoisotopic (exact) mass is 281 g/mol. The number of rotatable bonds is 3. The topological polar surface area (TPSA) is 40.5 Å². The number of carboxylic acids is 1. The highest BCUT2D eigenvalue weighted by molar-refractivity contribution is 5.81. The number of carboxylic acid groups (broad SMARTS) is 1. The van der Waals surface area contributed by atoms with Crippen LogP contribution in [-0.2, 0) is 11.2 Å². The number of para-hydroxylation sites is 1. The van der Waals surface area contributed by atoms with Crippen LogP contribution in [0.5, 0.6) is 0 Å². The van der Waals surface area contributed by atoms with Crippen LogP contribution >= 0.6 is 0 Å². The van der Waals surface area contributed by atoms with Crippen LogP contribution in [0.25, 0.3) is 0 Å². The van der Waals surface area contributed by atoms with E-state index < -0.39 is 12.0 Å². The standard InChI is InChI=1S/C18H19NO2/c1-13-7-2-4-10-15(13)17(18(20)21)19-12-6-9-14-8-3-5-11-16(14)19/h2-5,7-8,10-11,17H,6,9,12H2,1H3,(H,20,21). The predicted octanol–water partition coefficient (Wildman–Crippen LogP) is 3.57. The first-order chi connectivity index (χ1) is 10.2. The molecule has 1 N–H and O–H groups in total. The second-order valence-corrected chi connectivity index (χ2v) is 5.52. The lowest BCUT2D eigenvalue weighted by atomic mass is 9.95. The maximum Gasteiger partial charge on any atom is 0.331 e. The van der Waals surface area contributed by atoms with E-state index in [0.717, 1.165) is 36.2 Å². The minimum absolute atomic E-state index is 0.618. The van der Waals surface area contributed by atoms with Gasteiger partial charge in [0.15, 0.2) is 6.04 Å². The lowest BCUT2D eigenvalue weighted by Gasteiger charge is -2.36. The van der Waals surface area contributed by atoms with Gasteiger partial charge >= 0.3 is 5.97 Å². The summed E-state index contributed by atoms with van der Waals surface area (Å²) in [5.41, 5.74) is 4.19. The molecule has 3 heteroatoms. The smallest absolute Gasteiger partial charge is 0.331 e. The molecule has 0 bridgehead atoms. The Morgan fingerprint density at radius 1 is 1.14 bits per heavy atom. The highest BCUT2D eigenvalue weighted by atomic mass is 16.4. The zero-order chi connectivity index (χ0) is 14.8. The molecule has 0 aromatic heterocycles. The molecule has 1 atom stereocenters. The molecule has 0 aliphatic carbocycles. The Bertz CT molecular complexity index is 666. The number of fused-ring (bicyclic) bond motifs is 1. The average Bonchev–Trinajstić information content (AvgIpc) is 2.49. The number of hydrogen-bond acceptors (Lipinski definition) is 2. The maximum absolute atomic E-state index is 11.9. The van der Waals surface area contributed by atoms with Crippen LogP contribution in [0.2, 0.25) is 0 Å². The number of benzene rings is 2. The fraction of sp³-hybridized carbons (Fsp3) is 0.278. The zero-order valence-corrected chi connectivity index (χ0v) is 12.1. The van der Waals surface area contributed by atoms with Crippen molar-refractivity contribution in [3.63, 3.8) is 0 Å². The largest absolute Gasteiger partial charge is 0.479 e. The molecule has 2 aromatic rings. The first-order valence-corrected chi connectivity index (χ1v) is 7.31. The molecule has 0 spiro atoms. The summed E-state index contributed by atoms with van der Waals surface area (Å²) < 4.78 is 0. The van der Waals surface area contributed by atoms with Gasteiger partial charge < -0.3 is 10.0 Å². The summed E-state index contributed by atoms with van der Waals surface area (Å²) in [6.07, 6.45) is 2.01. The van der Waals surface area contributed by atoms with Crippen molar-refractivity contribution in [1.82, 2.24) is 0 Å². The van der Waals surface area contributed by atoms with Crippen LogP contribution in [0.3, 0.4) is 0 Å². The van der Waals surface area contributed by atoms with E-state index >= 15 is 0 Å². The third-order valence-electron chi connectivity index (χ3n) is 4.17. The molecule has 0 amide bonds. The van der Waals surface area contributed by atoms with Crippen molar-refractivity contribution < 1.29 is 9.90 Å². The van der Waals surface area contributed by atoms with Gasteiger partial charge in [0.25, 0.3) is 0 Å². The summed E-state index contributed by atoms with van der Waals surface area (Å²) in [6, 6.07) is 15.3. The Hall–Kier alpha value is -2.29. The van der Waals surface area contributed by atoms with Gasteiger partial charge in [0.2, 0.25) is 0 Å². The Labute approximate surface area is 124 Å². The summed E-state index contributed by atoms with van der Waals surface area (Å²) in [4.78, 5) is 14.0. The number of hydrogen-bond donors (Lipinski definition) is 1. The third kappa shape index (κ3) is 2.51. The van der Waals surface area contributed by atoms with Gasteiger partial charge in [-0.3, -0.25) is 0 Å². The molecule has 0 saturated carbocycles. The summed E-state index contributed by atoms with van der Waals surface area (Å²) in [5.74, 6) is -0.791. The number of aryl methyl sites for hydroxylation is 2. The molecule has 0 fully saturated rings. The van der Waals surface area contributed by atoms with Gasteiger partial charge in [-0.05, 0) is 42.5 Å². The van der Waals surface area contributed by atoms with Crippen molar-refractivity contribution in [2.45, 2.75) is 25.8 Å². The molecule has 1 aliphatic heterocycles. The Morgan fingerprint density at radius 3 is 2.62 bits per heavy atom. The highest BCUT2D eigenvalue weighted by Gasteiger charge is 2.31. The van der Waals surface area contributed by atoms with E-state index in [2.05, 4.69) is 6.07 Å². The molecule has 0 saturated heterocycles. The molecule has 21 heavy (non-hydrogen) atoms. The molecule has 3 nitrogen and oxygen atoms in total. The molecule has 108 valence electrons. The molecule has 0 radical (unpaired) electrons. The first kappa shape index (κ1) is 13.7. The van der Waals surface area contributed by atoms with Crippen molar-refractivity contribution in [3.8, 4) is 0 Å². The van der Waals surface area contributed by atoms with E-state index in [4.69, 9.17) is 0 Å². The van der Waals surface area contributed by atoms with Gasteiger partial charge in [-0.2, -0.15) is 0 Å². The van der Waals surface area contributed by atoms with Crippen LogP contribution in [0.4, 0.5) is 5.69 Å². The lowest BCUT2D eigenvalue weighted by Crippen LogP contribution is -2.38. The van der Waals surface area contributed by atoms with E-state index in [1.54, 1.807) is 0 Å². The van der Waals surface area contributed by atoms with E-state index in [-0.39, 0.29) is 0 Å². The van der Waals surface area contributed by atoms with Crippen LogP contribution in [0, 0.1) is 6.92 Å². The fourth-order valence-corrected chi connectivity index (χ4v) is 3.16. The van der Waals surface area contributed by atoms with Crippen LogP contribution < -0.4 is 4.90 Å². The average molecular weight is 281 g/mol. The van der Waals surface area contributed by atoms with Crippen LogP contribution in [-0.4, -0.2) is 17.6 Å². The molecular weight excluding hydrogens is 262 g/mol. The predicted molar refractivity (Wildman–Crippen MR) is 83.7 cm³/mol. The van der Waals surface area contributed by atoms with Gasteiger partial charge in [-0.1, -0.05) is 42.5 Å². The first-order valence-electron chi connectivity index (χ1n) is 7.31. The summed E-state index contributed by atoms with van der Waals surface area (Å²) in [6.45, 7) is 2.75. The minimum atomic E-state index is -0.791. The summed E-state index contributed by atoms with van der Waals surface area (Å²) in [5, 5.41) is 9.79. The quantitative estimate of drug-likeness (QED) is 0.935. The number of aliphatic carboxylic acids is 1. The zero-order valence-electron chi connectivity index (χ0n) is 12.1. The Kier molecular flexibility index (Phi) is 3.65. The lowest BCUT2D eigenvalue weighted by molar-refractivity contribution is -0.138. The van der Waals surface area contributed by atoms with Gasteiger partial charge in [0.1, 0.15) is 0 Å². The van der Waals surface area contributed by atoms with E-state index in [0.29, 0.717) is 0 Å². The van der Waals surface area contributed by atoms with Crippen molar-refractivity contribution in [2.24, 2.45) is 0 Å². The van der Waals surface area contributed by atoms with Crippen molar-refractivity contribution in [2.75, 3.05) is 11.4 Å². The third-order valence-corrected chi connectivity index (χ3v) is 4.17. The molecule has 2 aromatic carbocycles. The van der Waals surface area contributed by atoms with Gasteiger partial charge in [0, 0.05) is 12.2 Å². The van der Waals surface area contributed by atoms with Gasteiger partial charge in [0.05, 0.1) is 0 Å². The van der Waals surface area contributed by atoms with Gasteiger partial charge in [-0.25, -0.2) is 4.79 Å². The van der Waals surface area contributed by atoms with Crippen molar-refractivity contribution >= 4 is 11.7 Å². The second kappa shape index (κ2) is 5.60. The number of anilines is 1. The van der Waals surface area contributed by atoms with Crippen molar-refractivity contribution in [3.05, 3.63) is 65.2 Å². The van der Waals surface area contributed by atoms with E-state index in [1.807, 2.05) is 54.3 Å². The van der Waals surface area contributed by atoms with Crippen LogP contribution in [0.1, 0.15) is 29.2 Å². The molecule has 1 unspecified atom stereocenters. The SMILES string of the molecule is Cc1ccccc1C(C(=O)O)N1CCCc2ccccc21. The number of nitrogens with zero attached hydrogens (tertiary/aromatic N) is 1. The normalized spacial score (nSPS) is 15.4. The van der Waals surface area contributed by atoms with E-state index in [1.165, 1.54) is 5.56 Å². The summed E-state index contributed by atoms with van der Waals surface area (Å²) >= 11 is 0. The number of carbonyl (C=O) groups is 1. The minimum Gasteiger partial charge on any atom is -0.479 e. The van der Waals surface area contributed by atoms with Crippen molar-refractivity contribution in [1.29, 1.82) is 0 Å². The second-order valence-electron chi connectivity index (χ2n) is 5.52. The Balaban J connectivity index is 2.08. The molecule has 1 heterocycles. The molecule has 3 rings (SSSR count). The summed E-state index contributed by atoms with van der Waals surface area (Å²) in [7, 11) is 0. The molecular formula is C18H19NO2. The molecule has 1 aliphatic rings.